The Balaban J connectivity index is 1.53. The summed E-state index contributed by atoms with van der Waals surface area (Å²) in [5, 5.41) is 9.06. The summed E-state index contributed by atoms with van der Waals surface area (Å²) in [6.07, 6.45) is 18.6. The predicted molar refractivity (Wildman–Crippen MR) is 146 cm³/mol. The number of esters is 1. The van der Waals surface area contributed by atoms with Gasteiger partial charge < -0.3 is 14.6 Å². The van der Waals surface area contributed by atoms with Crippen LogP contribution in [0.2, 0.25) is 5.02 Å². The molecule has 0 unspecified atom stereocenters. The highest BCUT2D eigenvalue weighted by Crippen LogP contribution is 2.26. The molecule has 0 spiro atoms. The van der Waals surface area contributed by atoms with Crippen molar-refractivity contribution in [1.82, 2.24) is 0 Å². The summed E-state index contributed by atoms with van der Waals surface area (Å²) in [7, 11) is 0. The Morgan fingerprint density at radius 3 is 1.72 bits per heavy atom. The maximum atomic E-state index is 12.4. The van der Waals surface area contributed by atoms with Crippen molar-refractivity contribution in [1.29, 1.82) is 0 Å². The normalized spacial score (nSPS) is 10.8. The molecule has 2 aromatic rings. The number of unbranched alkanes of at least 4 members (excludes halogenated alkanes) is 13. The van der Waals surface area contributed by atoms with Crippen LogP contribution in [0, 0.1) is 0 Å². The van der Waals surface area contributed by atoms with E-state index in [0.29, 0.717) is 17.9 Å². The molecule has 0 aliphatic heterocycles. The molecule has 0 atom stereocenters. The van der Waals surface area contributed by atoms with Gasteiger partial charge in [0.1, 0.15) is 11.5 Å². The molecule has 0 aromatic heterocycles. The van der Waals surface area contributed by atoms with Crippen LogP contribution in [0.5, 0.6) is 11.5 Å². The largest absolute Gasteiger partial charge is 0.494 e. The minimum Gasteiger partial charge on any atom is -0.494 e. The summed E-state index contributed by atoms with van der Waals surface area (Å²) in [5.41, 5.74) is 0.386. The highest BCUT2D eigenvalue weighted by atomic mass is 35.5. The van der Waals surface area contributed by atoms with E-state index in [1.165, 1.54) is 102 Å². The van der Waals surface area contributed by atoms with Gasteiger partial charge in [-0.1, -0.05) is 102 Å². The van der Waals surface area contributed by atoms with Crippen molar-refractivity contribution >= 4 is 23.5 Å². The average Bonchev–Trinajstić information content (AvgIpc) is 2.87. The monoisotopic (exact) mass is 516 g/mol. The number of rotatable bonds is 19. The van der Waals surface area contributed by atoms with E-state index < -0.39 is 11.9 Å². The predicted octanol–water partition coefficient (Wildman–Crippen LogP) is 9.12. The van der Waals surface area contributed by atoms with Crippen molar-refractivity contribution in [3.63, 3.8) is 0 Å². The number of carboxylic acid groups (broad SMARTS) is 1. The smallest absolute Gasteiger partial charge is 0.343 e. The average molecular weight is 517 g/mol. The highest BCUT2D eigenvalue weighted by molar-refractivity contribution is 6.32. The molecular weight excluding hydrogens is 476 g/mol. The molecule has 0 saturated carbocycles. The first-order valence-corrected chi connectivity index (χ1v) is 13.9. The van der Waals surface area contributed by atoms with E-state index in [2.05, 4.69) is 6.92 Å². The first-order valence-electron chi connectivity index (χ1n) is 13.5. The van der Waals surface area contributed by atoms with Crippen LogP contribution in [-0.4, -0.2) is 23.7 Å². The molecule has 36 heavy (non-hydrogen) atoms. The number of halogens is 1. The van der Waals surface area contributed by atoms with Crippen LogP contribution in [0.15, 0.2) is 42.5 Å². The van der Waals surface area contributed by atoms with E-state index in [0.717, 1.165) is 6.42 Å². The lowest BCUT2D eigenvalue weighted by Gasteiger charge is -2.09. The number of hydrogen-bond acceptors (Lipinski definition) is 4. The maximum Gasteiger partial charge on any atom is 0.343 e. The van der Waals surface area contributed by atoms with Gasteiger partial charge in [-0.15, -0.1) is 0 Å². The van der Waals surface area contributed by atoms with Gasteiger partial charge in [0.25, 0.3) is 0 Å². The zero-order valence-corrected chi connectivity index (χ0v) is 22.4. The van der Waals surface area contributed by atoms with Crippen molar-refractivity contribution in [3.8, 4) is 11.5 Å². The molecule has 0 aliphatic rings. The van der Waals surface area contributed by atoms with Gasteiger partial charge in [-0.2, -0.15) is 0 Å². The Morgan fingerprint density at radius 2 is 1.22 bits per heavy atom. The molecule has 0 radical (unpaired) electrons. The van der Waals surface area contributed by atoms with Gasteiger partial charge in [0.05, 0.1) is 22.8 Å². The third-order valence-corrected chi connectivity index (χ3v) is 6.53. The second kappa shape index (κ2) is 17.8. The van der Waals surface area contributed by atoms with Crippen molar-refractivity contribution in [2.75, 3.05) is 6.61 Å². The van der Waals surface area contributed by atoms with Crippen LogP contribution < -0.4 is 9.47 Å². The van der Waals surface area contributed by atoms with Gasteiger partial charge >= 0.3 is 11.9 Å². The number of ether oxygens (including phenoxy) is 2. The van der Waals surface area contributed by atoms with E-state index in [-0.39, 0.29) is 16.3 Å². The molecule has 0 bridgehead atoms. The second-order valence-corrected chi connectivity index (χ2v) is 9.72. The first kappa shape index (κ1) is 29.7. The van der Waals surface area contributed by atoms with E-state index in [4.69, 9.17) is 26.2 Å². The first-order chi connectivity index (χ1) is 17.5. The molecule has 2 aromatic carbocycles. The lowest BCUT2D eigenvalue weighted by molar-refractivity contribution is 0.0696. The summed E-state index contributed by atoms with van der Waals surface area (Å²) in [6.45, 7) is 2.93. The molecular formula is C30H41ClO5. The summed E-state index contributed by atoms with van der Waals surface area (Å²) in [6, 6.07) is 10.7. The Labute approximate surface area is 221 Å². The molecule has 0 fully saturated rings. The van der Waals surface area contributed by atoms with Gasteiger partial charge in [0, 0.05) is 0 Å². The third-order valence-electron chi connectivity index (χ3n) is 6.24. The number of carbonyl (C=O) groups is 2. The fourth-order valence-electron chi connectivity index (χ4n) is 4.05. The van der Waals surface area contributed by atoms with E-state index in [1.54, 1.807) is 24.3 Å². The van der Waals surface area contributed by atoms with Crippen LogP contribution in [0.3, 0.4) is 0 Å². The van der Waals surface area contributed by atoms with E-state index in [1.807, 2.05) is 0 Å². The Hall–Kier alpha value is -2.53. The SMILES string of the molecule is CCCCCCCCCCCCCCCCOc1ccc(C(=O)Oc2ccc(C(=O)O)cc2Cl)cc1. The minimum atomic E-state index is -1.10. The number of carbonyl (C=O) groups excluding carboxylic acids is 1. The lowest BCUT2D eigenvalue weighted by atomic mass is 10.0. The fraction of sp³-hybridized carbons (Fsp3) is 0.533. The van der Waals surface area contributed by atoms with Gasteiger partial charge in [0.2, 0.25) is 0 Å². The number of aromatic carboxylic acids is 1. The lowest BCUT2D eigenvalue weighted by Crippen LogP contribution is -2.09. The molecule has 1 N–H and O–H groups in total. The quantitative estimate of drug-likeness (QED) is 0.114. The van der Waals surface area contributed by atoms with Gasteiger partial charge in [-0.25, -0.2) is 9.59 Å². The molecule has 5 nitrogen and oxygen atoms in total. The maximum absolute atomic E-state index is 12.4. The van der Waals surface area contributed by atoms with E-state index in [9.17, 15) is 9.59 Å². The zero-order valence-electron chi connectivity index (χ0n) is 21.6. The van der Waals surface area contributed by atoms with Crippen LogP contribution in [-0.2, 0) is 0 Å². The van der Waals surface area contributed by atoms with Crippen molar-refractivity contribution in [2.45, 2.75) is 96.8 Å². The second-order valence-electron chi connectivity index (χ2n) is 9.31. The van der Waals surface area contributed by atoms with Gasteiger partial charge in [-0.05, 0) is 48.9 Å². The molecule has 6 heteroatoms. The Bertz CT molecular complexity index is 910. The Kier molecular flexibility index (Phi) is 14.7. The topological polar surface area (TPSA) is 72.8 Å². The number of hydrogen-bond donors (Lipinski definition) is 1. The minimum absolute atomic E-state index is 0.0279. The summed E-state index contributed by atoms with van der Waals surface area (Å²) in [4.78, 5) is 23.4. The molecule has 0 saturated heterocycles. The van der Waals surface area contributed by atoms with Crippen LogP contribution in [0.25, 0.3) is 0 Å². The van der Waals surface area contributed by atoms with Crippen LogP contribution in [0.1, 0.15) is 118 Å². The molecule has 0 aliphatic carbocycles. The molecule has 198 valence electrons. The van der Waals surface area contributed by atoms with Crippen LogP contribution in [0.4, 0.5) is 0 Å². The molecule has 0 amide bonds. The van der Waals surface area contributed by atoms with Crippen LogP contribution >= 0.6 is 11.6 Å². The fourth-order valence-corrected chi connectivity index (χ4v) is 4.27. The number of benzene rings is 2. The molecule has 2 rings (SSSR count). The summed E-state index contributed by atoms with van der Waals surface area (Å²) in [5.74, 6) is -0.840. The van der Waals surface area contributed by atoms with Crippen molar-refractivity contribution in [3.05, 3.63) is 58.6 Å². The standard InChI is InChI=1S/C30H41ClO5/c1-2-3-4-5-6-7-8-9-10-11-12-13-14-15-22-35-26-19-16-24(17-20-26)30(34)36-28-21-18-25(29(32)33)23-27(28)31/h16-21,23H,2-15,22H2,1H3,(H,32,33). The van der Waals surface area contributed by atoms with Gasteiger partial charge in [-0.3, -0.25) is 0 Å². The summed E-state index contributed by atoms with van der Waals surface area (Å²) >= 11 is 6.02. The van der Waals surface area contributed by atoms with E-state index >= 15 is 0 Å². The van der Waals surface area contributed by atoms with Crippen molar-refractivity contribution < 1.29 is 24.2 Å². The highest BCUT2D eigenvalue weighted by Gasteiger charge is 2.13. The number of carboxylic acids is 1. The van der Waals surface area contributed by atoms with Crippen molar-refractivity contribution in [2.24, 2.45) is 0 Å². The van der Waals surface area contributed by atoms with Gasteiger partial charge in [0.15, 0.2) is 0 Å². The Morgan fingerprint density at radius 1 is 0.722 bits per heavy atom. The summed E-state index contributed by atoms with van der Waals surface area (Å²) < 4.78 is 11.1. The molecule has 0 heterocycles. The third kappa shape index (κ3) is 11.9. The zero-order chi connectivity index (χ0) is 26.0.